The van der Waals surface area contributed by atoms with E-state index in [1.165, 1.54) is 9.78 Å². The Hall–Kier alpha value is -0.470. The van der Waals surface area contributed by atoms with E-state index in [-0.39, 0.29) is 0 Å². The molecule has 0 saturated heterocycles. The Kier molecular flexibility index (Phi) is 3.46. The second-order valence-corrected chi connectivity index (χ2v) is 3.87. The quantitative estimate of drug-likeness (QED) is 0.681. The van der Waals surface area contributed by atoms with Crippen LogP contribution in [0.5, 0.6) is 0 Å². The van der Waals surface area contributed by atoms with Gasteiger partial charge in [-0.15, -0.1) is 11.3 Å². The van der Waals surface area contributed by atoms with E-state index < -0.39 is 0 Å². The van der Waals surface area contributed by atoms with Crippen LogP contribution in [-0.4, -0.2) is 0 Å². The van der Waals surface area contributed by atoms with Gasteiger partial charge in [0.15, 0.2) is 0 Å². The van der Waals surface area contributed by atoms with Crippen LogP contribution in [0.4, 0.5) is 0 Å². The first-order chi connectivity index (χ1) is 5.38. The van der Waals surface area contributed by atoms with Crippen LogP contribution in [0.25, 0.3) is 4.91 Å². The summed E-state index contributed by atoms with van der Waals surface area (Å²) >= 11 is 3.43. The van der Waals surface area contributed by atoms with Gasteiger partial charge in [0.1, 0.15) is 0 Å². The van der Waals surface area contributed by atoms with E-state index in [2.05, 4.69) is 30.2 Å². The van der Waals surface area contributed by atoms with E-state index in [4.69, 9.17) is 0 Å². The van der Waals surface area contributed by atoms with Gasteiger partial charge in [-0.25, -0.2) is 0 Å². The number of allylic oxidation sites excluding steroid dienone is 1. The molecule has 0 aliphatic heterocycles. The molecule has 0 nitrogen and oxygen atoms in total. The fourth-order valence-corrected chi connectivity index (χ4v) is 2.26. The molecule has 0 spiro atoms. The molecule has 0 amide bonds. The molecule has 0 fully saturated rings. The average Bonchev–Trinajstić information content (AvgIpc) is 2.52. The van der Waals surface area contributed by atoms with E-state index >= 15 is 0 Å². The van der Waals surface area contributed by atoms with Gasteiger partial charge in [-0.3, -0.25) is 0 Å². The standard InChI is InChI=1S/C9H10S2/c1-3-8(10-4-2)9-6-5-7-11-9/h3-7H,2H2,1H3/b8-3-. The van der Waals surface area contributed by atoms with Crippen molar-refractivity contribution in [2.24, 2.45) is 0 Å². The van der Waals surface area contributed by atoms with Gasteiger partial charge in [0, 0.05) is 9.78 Å². The highest BCUT2D eigenvalue weighted by Crippen LogP contribution is 2.30. The molecule has 2 heteroatoms. The van der Waals surface area contributed by atoms with Crippen LogP contribution in [0.15, 0.2) is 35.6 Å². The van der Waals surface area contributed by atoms with Gasteiger partial charge in [-0.05, 0) is 23.8 Å². The molecule has 0 aromatic carbocycles. The van der Waals surface area contributed by atoms with Crippen molar-refractivity contribution in [1.82, 2.24) is 0 Å². The van der Waals surface area contributed by atoms with Crippen molar-refractivity contribution in [3.05, 3.63) is 40.5 Å². The molecule has 1 aromatic heterocycles. The maximum Gasteiger partial charge on any atom is 0.0406 e. The minimum absolute atomic E-state index is 1.29. The molecule has 0 aliphatic rings. The summed E-state index contributed by atoms with van der Waals surface area (Å²) < 4.78 is 0. The predicted molar refractivity (Wildman–Crippen MR) is 55.8 cm³/mol. The van der Waals surface area contributed by atoms with Crippen LogP contribution >= 0.6 is 23.1 Å². The third kappa shape index (κ3) is 2.24. The minimum Gasteiger partial charge on any atom is -0.143 e. The van der Waals surface area contributed by atoms with Crippen molar-refractivity contribution in [2.45, 2.75) is 6.92 Å². The summed E-state index contributed by atoms with van der Waals surface area (Å²) in [4.78, 5) is 2.60. The largest absolute Gasteiger partial charge is 0.143 e. The lowest BCUT2D eigenvalue weighted by molar-refractivity contribution is 1.77. The summed E-state index contributed by atoms with van der Waals surface area (Å²) in [5, 5.41) is 3.94. The van der Waals surface area contributed by atoms with Crippen LogP contribution < -0.4 is 0 Å². The Morgan fingerprint density at radius 2 is 2.55 bits per heavy atom. The Morgan fingerprint density at radius 3 is 3.00 bits per heavy atom. The zero-order valence-corrected chi connectivity index (χ0v) is 8.04. The maximum absolute atomic E-state index is 3.69. The first-order valence-electron chi connectivity index (χ1n) is 3.36. The van der Waals surface area contributed by atoms with Crippen molar-refractivity contribution < 1.29 is 0 Å². The lowest BCUT2D eigenvalue weighted by atomic mass is 10.4. The second-order valence-electron chi connectivity index (χ2n) is 1.91. The highest BCUT2D eigenvalue weighted by atomic mass is 32.2. The van der Waals surface area contributed by atoms with Gasteiger partial charge in [0.2, 0.25) is 0 Å². The Balaban J connectivity index is 2.80. The number of thiophene rings is 1. The summed E-state index contributed by atoms with van der Waals surface area (Å²) in [7, 11) is 0. The molecular weight excluding hydrogens is 172 g/mol. The topological polar surface area (TPSA) is 0 Å². The zero-order chi connectivity index (χ0) is 8.10. The molecule has 0 N–H and O–H groups in total. The van der Waals surface area contributed by atoms with Gasteiger partial charge in [0.25, 0.3) is 0 Å². The molecule has 0 aliphatic carbocycles. The zero-order valence-electron chi connectivity index (χ0n) is 6.41. The summed E-state index contributed by atoms with van der Waals surface area (Å²) in [5.41, 5.74) is 0. The lowest BCUT2D eigenvalue weighted by Crippen LogP contribution is -1.67. The van der Waals surface area contributed by atoms with E-state index in [9.17, 15) is 0 Å². The highest BCUT2D eigenvalue weighted by molar-refractivity contribution is 8.11. The first kappa shape index (κ1) is 8.62. The summed E-state index contributed by atoms with van der Waals surface area (Å²) in [6.07, 6.45) is 2.11. The molecule has 0 radical (unpaired) electrons. The van der Waals surface area contributed by atoms with E-state index in [1.54, 1.807) is 23.1 Å². The molecule has 0 bridgehead atoms. The molecule has 0 atom stereocenters. The number of rotatable bonds is 3. The number of hydrogen-bond acceptors (Lipinski definition) is 2. The average molecular weight is 182 g/mol. The van der Waals surface area contributed by atoms with Crippen LogP contribution in [-0.2, 0) is 0 Å². The van der Waals surface area contributed by atoms with E-state index in [1.807, 2.05) is 12.3 Å². The van der Waals surface area contributed by atoms with E-state index in [0.29, 0.717) is 0 Å². The van der Waals surface area contributed by atoms with Crippen molar-refractivity contribution in [2.75, 3.05) is 0 Å². The van der Waals surface area contributed by atoms with Gasteiger partial charge in [-0.2, -0.15) is 0 Å². The smallest absolute Gasteiger partial charge is 0.0406 e. The third-order valence-electron chi connectivity index (χ3n) is 1.24. The second kappa shape index (κ2) is 4.42. The third-order valence-corrected chi connectivity index (χ3v) is 3.15. The van der Waals surface area contributed by atoms with Gasteiger partial charge in [0.05, 0.1) is 0 Å². The lowest BCUT2D eigenvalue weighted by Gasteiger charge is -1.97. The molecule has 0 unspecified atom stereocenters. The fraction of sp³-hybridized carbons (Fsp3) is 0.111. The molecule has 1 heterocycles. The van der Waals surface area contributed by atoms with Crippen molar-refractivity contribution in [3.8, 4) is 0 Å². The SMILES string of the molecule is C=CS/C(=C\C)c1cccs1. The Bertz CT molecular complexity index is 245. The van der Waals surface area contributed by atoms with Crippen molar-refractivity contribution >= 4 is 28.0 Å². The van der Waals surface area contributed by atoms with Gasteiger partial charge in [-0.1, -0.05) is 30.5 Å². The molecule has 1 aromatic rings. The van der Waals surface area contributed by atoms with E-state index in [0.717, 1.165) is 0 Å². The van der Waals surface area contributed by atoms with Crippen LogP contribution in [0.1, 0.15) is 11.8 Å². The number of hydrogen-bond donors (Lipinski definition) is 0. The molecular formula is C9H10S2. The van der Waals surface area contributed by atoms with Crippen molar-refractivity contribution in [1.29, 1.82) is 0 Å². The van der Waals surface area contributed by atoms with Crippen LogP contribution in [0, 0.1) is 0 Å². The Morgan fingerprint density at radius 1 is 1.73 bits per heavy atom. The monoisotopic (exact) mass is 182 g/mol. The molecule has 11 heavy (non-hydrogen) atoms. The first-order valence-corrected chi connectivity index (χ1v) is 5.12. The minimum atomic E-state index is 1.29. The molecule has 1 rings (SSSR count). The van der Waals surface area contributed by atoms with Gasteiger partial charge >= 0.3 is 0 Å². The van der Waals surface area contributed by atoms with Crippen LogP contribution in [0.3, 0.4) is 0 Å². The maximum atomic E-state index is 3.69. The normalized spacial score (nSPS) is 11.5. The summed E-state index contributed by atoms with van der Waals surface area (Å²) in [6, 6.07) is 4.18. The van der Waals surface area contributed by atoms with Crippen molar-refractivity contribution in [3.63, 3.8) is 0 Å². The molecule has 0 saturated carbocycles. The fourth-order valence-electron chi connectivity index (χ4n) is 0.777. The predicted octanol–water partition coefficient (Wildman–Crippen LogP) is 3.99. The molecule has 58 valence electrons. The Labute approximate surface area is 75.6 Å². The summed E-state index contributed by atoms with van der Waals surface area (Å²) in [6.45, 7) is 5.73. The number of thioether (sulfide) groups is 1. The highest BCUT2D eigenvalue weighted by Gasteiger charge is 1.98. The summed E-state index contributed by atoms with van der Waals surface area (Å²) in [5.74, 6) is 0. The van der Waals surface area contributed by atoms with Gasteiger partial charge < -0.3 is 0 Å². The van der Waals surface area contributed by atoms with Crippen LogP contribution in [0.2, 0.25) is 0 Å².